The minimum atomic E-state index is -3.79. The molecule has 4 rings (SSSR count). The fraction of sp³-hybridized carbons (Fsp3) is 0.125. The molecule has 0 saturated heterocycles. The molecule has 1 aliphatic heterocycles. The highest BCUT2D eigenvalue weighted by molar-refractivity contribution is 7.86. The lowest BCUT2D eigenvalue weighted by Gasteiger charge is -2.09. The Morgan fingerprint density at radius 1 is 0.906 bits per heavy atom. The maximum absolute atomic E-state index is 12.5. The van der Waals surface area contributed by atoms with Gasteiger partial charge in [-0.1, -0.05) is 42.5 Å². The molecule has 7 nitrogen and oxygen atoms in total. The number of methoxy groups -OCH3 is 2. The number of nitrogens with one attached hydrogen (secondary N) is 1. The molecule has 0 atom stereocenters. The van der Waals surface area contributed by atoms with Gasteiger partial charge in [0.1, 0.15) is 11.5 Å². The maximum Gasteiger partial charge on any atom is 0.313 e. The van der Waals surface area contributed by atoms with Crippen molar-refractivity contribution in [3.8, 4) is 17.2 Å². The van der Waals surface area contributed by atoms with Gasteiger partial charge >= 0.3 is 10.1 Å². The molecule has 0 aliphatic carbocycles. The van der Waals surface area contributed by atoms with Crippen molar-refractivity contribution in [3.63, 3.8) is 0 Å². The SMILES string of the molecule is COc1cc2c(cc1OC)C(=Cc1ccc(OS(=O)(=O)Cc3ccccc3)cc1)C(=O)N2. The Labute approximate surface area is 186 Å². The Morgan fingerprint density at radius 2 is 1.56 bits per heavy atom. The lowest BCUT2D eigenvalue weighted by molar-refractivity contribution is -0.110. The minimum absolute atomic E-state index is 0.200. The van der Waals surface area contributed by atoms with E-state index in [-0.39, 0.29) is 17.4 Å². The maximum atomic E-state index is 12.5. The number of amides is 1. The van der Waals surface area contributed by atoms with Crippen molar-refractivity contribution in [2.75, 3.05) is 19.5 Å². The van der Waals surface area contributed by atoms with E-state index in [1.54, 1.807) is 66.7 Å². The number of fused-ring (bicyclic) bond motifs is 1. The van der Waals surface area contributed by atoms with Crippen molar-refractivity contribution in [1.29, 1.82) is 0 Å². The van der Waals surface area contributed by atoms with E-state index in [1.165, 1.54) is 14.2 Å². The Morgan fingerprint density at radius 3 is 2.22 bits per heavy atom. The van der Waals surface area contributed by atoms with E-state index in [4.69, 9.17) is 13.7 Å². The summed E-state index contributed by atoms with van der Waals surface area (Å²) >= 11 is 0. The number of anilines is 1. The van der Waals surface area contributed by atoms with E-state index in [0.29, 0.717) is 39.4 Å². The zero-order valence-electron chi connectivity index (χ0n) is 17.5. The van der Waals surface area contributed by atoms with Gasteiger partial charge in [0.25, 0.3) is 5.91 Å². The summed E-state index contributed by atoms with van der Waals surface area (Å²) in [4.78, 5) is 12.5. The van der Waals surface area contributed by atoms with Gasteiger partial charge in [0, 0.05) is 17.2 Å². The molecule has 0 spiro atoms. The van der Waals surface area contributed by atoms with Crippen LogP contribution in [0.25, 0.3) is 11.6 Å². The zero-order valence-corrected chi connectivity index (χ0v) is 18.3. The lowest BCUT2D eigenvalue weighted by atomic mass is 10.0. The highest BCUT2D eigenvalue weighted by atomic mass is 32.2. The highest BCUT2D eigenvalue weighted by Crippen LogP contribution is 2.41. The largest absolute Gasteiger partial charge is 0.493 e. The first-order valence-corrected chi connectivity index (χ1v) is 11.3. The van der Waals surface area contributed by atoms with Crippen molar-refractivity contribution in [2.24, 2.45) is 0 Å². The molecule has 0 bridgehead atoms. The number of carbonyl (C=O) groups is 1. The van der Waals surface area contributed by atoms with Gasteiger partial charge in [-0.2, -0.15) is 8.42 Å². The third-order valence-electron chi connectivity index (χ3n) is 4.91. The molecule has 1 heterocycles. The third kappa shape index (κ3) is 4.60. The monoisotopic (exact) mass is 451 g/mol. The van der Waals surface area contributed by atoms with E-state index in [2.05, 4.69) is 5.32 Å². The van der Waals surface area contributed by atoms with E-state index in [0.717, 1.165) is 0 Å². The topological polar surface area (TPSA) is 90.9 Å². The van der Waals surface area contributed by atoms with Crippen LogP contribution in [0, 0.1) is 0 Å². The van der Waals surface area contributed by atoms with Crippen molar-refractivity contribution < 1.29 is 26.9 Å². The molecule has 164 valence electrons. The van der Waals surface area contributed by atoms with Crippen LogP contribution in [-0.4, -0.2) is 28.5 Å². The van der Waals surface area contributed by atoms with Crippen LogP contribution in [0.5, 0.6) is 17.2 Å². The number of ether oxygens (including phenoxy) is 2. The second-order valence-corrected chi connectivity index (χ2v) is 8.68. The van der Waals surface area contributed by atoms with Gasteiger partial charge in [-0.3, -0.25) is 4.79 Å². The summed E-state index contributed by atoms with van der Waals surface area (Å²) in [7, 11) is -0.732. The van der Waals surface area contributed by atoms with Crippen LogP contribution in [0.15, 0.2) is 66.7 Å². The molecule has 3 aromatic rings. The van der Waals surface area contributed by atoms with Crippen LogP contribution >= 0.6 is 0 Å². The van der Waals surface area contributed by atoms with Crippen LogP contribution in [-0.2, 0) is 20.7 Å². The quantitative estimate of drug-likeness (QED) is 0.430. The first-order valence-electron chi connectivity index (χ1n) is 9.74. The van der Waals surface area contributed by atoms with Crippen LogP contribution in [0.3, 0.4) is 0 Å². The molecule has 1 N–H and O–H groups in total. The number of benzene rings is 3. The van der Waals surface area contributed by atoms with E-state index >= 15 is 0 Å². The summed E-state index contributed by atoms with van der Waals surface area (Å²) < 4.78 is 40.5. The molecule has 1 amide bonds. The molecule has 8 heteroatoms. The summed E-state index contributed by atoms with van der Waals surface area (Å²) in [5, 5.41) is 2.81. The first-order chi connectivity index (χ1) is 15.4. The van der Waals surface area contributed by atoms with Gasteiger partial charge < -0.3 is 19.0 Å². The van der Waals surface area contributed by atoms with Crippen molar-refractivity contribution in [2.45, 2.75) is 5.75 Å². The molecule has 0 fully saturated rings. The van der Waals surface area contributed by atoms with Gasteiger partial charge in [0.05, 0.1) is 19.9 Å². The second-order valence-electron chi connectivity index (χ2n) is 7.10. The number of carbonyl (C=O) groups excluding carboxylic acids is 1. The summed E-state index contributed by atoms with van der Waals surface area (Å²) in [6.07, 6.45) is 1.72. The predicted molar refractivity (Wildman–Crippen MR) is 122 cm³/mol. The number of hydrogen-bond acceptors (Lipinski definition) is 6. The summed E-state index contributed by atoms with van der Waals surface area (Å²) in [5.74, 6) is 0.765. The van der Waals surface area contributed by atoms with Crippen LogP contribution in [0.2, 0.25) is 0 Å². The van der Waals surface area contributed by atoms with Crippen molar-refractivity contribution >= 4 is 33.4 Å². The van der Waals surface area contributed by atoms with Gasteiger partial charge in [-0.05, 0) is 35.4 Å². The normalized spacial score (nSPS) is 14.1. The fourth-order valence-corrected chi connectivity index (χ4v) is 4.47. The Balaban J connectivity index is 1.55. The molecule has 1 aliphatic rings. The average molecular weight is 452 g/mol. The minimum Gasteiger partial charge on any atom is -0.493 e. The molecule has 0 unspecified atom stereocenters. The van der Waals surface area contributed by atoms with Gasteiger partial charge in [-0.25, -0.2) is 0 Å². The first kappa shape index (κ1) is 21.5. The van der Waals surface area contributed by atoms with E-state index in [1.807, 2.05) is 6.07 Å². The standard InChI is InChI=1S/C24H21NO6S/c1-29-22-13-19-20(24(26)25-21(19)14-23(22)30-2)12-16-8-10-18(11-9-16)31-32(27,28)15-17-6-4-3-5-7-17/h3-14H,15H2,1-2H3,(H,25,26). The zero-order chi connectivity index (χ0) is 22.7. The molecule has 0 aromatic heterocycles. The van der Waals surface area contributed by atoms with Gasteiger partial charge in [0.2, 0.25) is 0 Å². The third-order valence-corrected chi connectivity index (χ3v) is 6.04. The average Bonchev–Trinajstić information content (AvgIpc) is 3.08. The smallest absolute Gasteiger partial charge is 0.313 e. The molecular weight excluding hydrogens is 430 g/mol. The summed E-state index contributed by atoms with van der Waals surface area (Å²) in [5.41, 5.74) is 3.15. The molecular formula is C24H21NO6S. The van der Waals surface area contributed by atoms with Crippen LogP contribution in [0.4, 0.5) is 5.69 Å². The fourth-order valence-electron chi connectivity index (χ4n) is 3.40. The van der Waals surface area contributed by atoms with Crippen LogP contribution in [0.1, 0.15) is 16.7 Å². The molecule has 32 heavy (non-hydrogen) atoms. The van der Waals surface area contributed by atoms with Gasteiger partial charge in [0.15, 0.2) is 11.5 Å². The van der Waals surface area contributed by atoms with E-state index < -0.39 is 10.1 Å². The molecule has 0 radical (unpaired) electrons. The lowest BCUT2D eigenvalue weighted by Crippen LogP contribution is -2.12. The molecule has 0 saturated carbocycles. The van der Waals surface area contributed by atoms with Gasteiger partial charge in [-0.15, -0.1) is 0 Å². The van der Waals surface area contributed by atoms with Crippen molar-refractivity contribution in [3.05, 3.63) is 83.4 Å². The second kappa shape index (κ2) is 8.76. The summed E-state index contributed by atoms with van der Waals surface area (Å²) in [6, 6.07) is 18.8. The highest BCUT2D eigenvalue weighted by Gasteiger charge is 2.26. The summed E-state index contributed by atoms with van der Waals surface area (Å²) in [6.45, 7) is 0. The predicted octanol–water partition coefficient (Wildman–Crippen LogP) is 4.11. The Kier molecular flexibility index (Phi) is 5.87. The van der Waals surface area contributed by atoms with Crippen molar-refractivity contribution in [1.82, 2.24) is 0 Å². The Hall–Kier alpha value is -3.78. The molecule has 3 aromatic carbocycles. The number of hydrogen-bond donors (Lipinski definition) is 1. The Bertz CT molecular complexity index is 1280. The van der Waals surface area contributed by atoms with Crippen LogP contribution < -0.4 is 19.0 Å². The van der Waals surface area contributed by atoms with E-state index in [9.17, 15) is 13.2 Å². The number of rotatable bonds is 7.